The Morgan fingerprint density at radius 3 is 2.71 bits per heavy atom. The van der Waals surface area contributed by atoms with Crippen molar-refractivity contribution in [2.45, 2.75) is 26.3 Å². The van der Waals surface area contributed by atoms with Gasteiger partial charge in [0.15, 0.2) is 5.65 Å². The molecule has 0 fully saturated rings. The molecule has 3 aromatic rings. The van der Waals surface area contributed by atoms with Crippen LogP contribution in [0.3, 0.4) is 0 Å². The van der Waals surface area contributed by atoms with Gasteiger partial charge in [0.25, 0.3) is 0 Å². The van der Waals surface area contributed by atoms with E-state index in [1.54, 1.807) is 0 Å². The zero-order valence-corrected chi connectivity index (χ0v) is 12.8. The number of hydrogen-bond donors (Lipinski definition) is 0. The zero-order chi connectivity index (χ0) is 14.7. The molecule has 1 aromatic carbocycles. The lowest BCUT2D eigenvalue weighted by Gasteiger charge is -2.08. The first-order valence-corrected chi connectivity index (χ1v) is 7.73. The van der Waals surface area contributed by atoms with Crippen molar-refractivity contribution in [1.29, 1.82) is 0 Å². The van der Waals surface area contributed by atoms with Crippen molar-refractivity contribution in [3.05, 3.63) is 59.5 Å². The molecule has 2 heterocycles. The van der Waals surface area contributed by atoms with Gasteiger partial charge in [-0.3, -0.25) is 0 Å². The van der Waals surface area contributed by atoms with E-state index in [0.29, 0.717) is 5.88 Å². The number of halogens is 1. The Kier molecular flexibility index (Phi) is 4.20. The maximum Gasteiger partial charge on any atom is 0.160 e. The second-order valence-corrected chi connectivity index (χ2v) is 5.59. The van der Waals surface area contributed by atoms with Crippen LogP contribution >= 0.6 is 11.6 Å². The molecule has 0 amide bonds. The number of rotatable bonds is 5. The minimum Gasteiger partial charge on any atom is -0.312 e. The predicted molar refractivity (Wildman–Crippen MR) is 86.8 cm³/mol. The van der Waals surface area contributed by atoms with Gasteiger partial charge in [0.05, 0.1) is 0 Å². The average Bonchev–Trinajstić information content (AvgIpc) is 2.83. The van der Waals surface area contributed by atoms with Crippen molar-refractivity contribution in [2.75, 3.05) is 5.88 Å². The van der Waals surface area contributed by atoms with Crippen LogP contribution in [-0.4, -0.2) is 20.4 Å². The average molecular weight is 300 g/mol. The number of aromatic nitrogens is 3. The summed E-state index contributed by atoms with van der Waals surface area (Å²) >= 11 is 5.91. The van der Waals surface area contributed by atoms with Crippen LogP contribution in [0.2, 0.25) is 0 Å². The number of fused-ring (bicyclic) bond motifs is 1. The smallest absolute Gasteiger partial charge is 0.160 e. The first kappa shape index (κ1) is 14.1. The molecule has 108 valence electrons. The summed E-state index contributed by atoms with van der Waals surface area (Å²) in [5.41, 5.74) is 4.37. The lowest BCUT2D eigenvalue weighted by molar-refractivity contribution is 0.669. The number of benzene rings is 1. The van der Waals surface area contributed by atoms with E-state index in [1.165, 1.54) is 5.56 Å². The van der Waals surface area contributed by atoms with Gasteiger partial charge in [0, 0.05) is 25.0 Å². The van der Waals surface area contributed by atoms with Crippen molar-refractivity contribution in [3.8, 4) is 0 Å². The first-order valence-electron chi connectivity index (χ1n) is 7.19. The summed E-state index contributed by atoms with van der Waals surface area (Å²) in [6.45, 7) is 2.92. The van der Waals surface area contributed by atoms with Crippen molar-refractivity contribution in [2.24, 2.45) is 0 Å². The molecular formula is C17H18ClN3. The van der Waals surface area contributed by atoms with Gasteiger partial charge in [0.2, 0.25) is 0 Å². The molecule has 0 spiro atoms. The zero-order valence-electron chi connectivity index (χ0n) is 12.1. The van der Waals surface area contributed by atoms with Crippen LogP contribution in [0.25, 0.3) is 11.2 Å². The van der Waals surface area contributed by atoms with Gasteiger partial charge in [-0.15, -0.1) is 11.6 Å². The van der Waals surface area contributed by atoms with Crippen molar-refractivity contribution in [3.63, 3.8) is 0 Å². The lowest BCUT2D eigenvalue weighted by Crippen LogP contribution is -2.07. The van der Waals surface area contributed by atoms with E-state index in [2.05, 4.69) is 39.9 Å². The highest BCUT2D eigenvalue weighted by Crippen LogP contribution is 2.17. The summed E-state index contributed by atoms with van der Waals surface area (Å²) < 4.78 is 2.20. The number of nitrogens with zero attached hydrogens (tertiary/aromatic N) is 3. The van der Waals surface area contributed by atoms with Crippen LogP contribution in [0, 0.1) is 6.92 Å². The number of hydrogen-bond acceptors (Lipinski definition) is 2. The summed E-state index contributed by atoms with van der Waals surface area (Å²) in [6, 6.07) is 12.6. The Bertz CT molecular complexity index is 734. The van der Waals surface area contributed by atoms with Gasteiger partial charge < -0.3 is 4.57 Å². The van der Waals surface area contributed by atoms with Gasteiger partial charge in [-0.1, -0.05) is 30.3 Å². The fraction of sp³-hybridized carbons (Fsp3) is 0.294. The first-order chi connectivity index (χ1) is 10.3. The quantitative estimate of drug-likeness (QED) is 0.672. The Balaban J connectivity index is 1.93. The van der Waals surface area contributed by atoms with E-state index < -0.39 is 0 Å². The standard InChI is InChI=1S/C17H18ClN3/c1-13-11-15-17(19-12-13)21(16(20-15)7-9-18)10-8-14-5-3-2-4-6-14/h2-6,11-12H,7-10H2,1H3. The fourth-order valence-electron chi connectivity index (χ4n) is 2.55. The van der Waals surface area contributed by atoms with E-state index in [4.69, 9.17) is 16.6 Å². The molecule has 0 aliphatic carbocycles. The van der Waals surface area contributed by atoms with Gasteiger partial charge in [0.1, 0.15) is 11.3 Å². The molecule has 3 rings (SSSR count). The van der Waals surface area contributed by atoms with Crippen molar-refractivity contribution < 1.29 is 0 Å². The summed E-state index contributed by atoms with van der Waals surface area (Å²) in [5, 5.41) is 0. The van der Waals surface area contributed by atoms with E-state index in [9.17, 15) is 0 Å². The highest BCUT2D eigenvalue weighted by Gasteiger charge is 2.11. The van der Waals surface area contributed by atoms with E-state index in [-0.39, 0.29) is 0 Å². The number of aryl methyl sites for hydroxylation is 4. The number of imidazole rings is 1. The molecule has 0 radical (unpaired) electrons. The molecule has 3 nitrogen and oxygen atoms in total. The summed E-state index contributed by atoms with van der Waals surface area (Å²) in [4.78, 5) is 9.24. The molecule has 0 aliphatic heterocycles. The minimum atomic E-state index is 0.577. The molecule has 0 unspecified atom stereocenters. The Morgan fingerprint density at radius 1 is 1.14 bits per heavy atom. The molecule has 0 bridgehead atoms. The van der Waals surface area contributed by atoms with Gasteiger partial charge in [-0.05, 0) is 30.5 Å². The topological polar surface area (TPSA) is 30.7 Å². The third kappa shape index (κ3) is 3.08. The van der Waals surface area contributed by atoms with Crippen LogP contribution in [-0.2, 0) is 19.4 Å². The molecule has 4 heteroatoms. The summed E-state index contributed by atoms with van der Waals surface area (Å²) in [7, 11) is 0. The predicted octanol–water partition coefficient (Wildman–Crippen LogP) is 3.76. The van der Waals surface area contributed by atoms with Gasteiger partial charge >= 0.3 is 0 Å². The highest BCUT2D eigenvalue weighted by atomic mass is 35.5. The summed E-state index contributed by atoms with van der Waals surface area (Å²) in [6.07, 6.45) is 3.64. The number of alkyl halides is 1. The SMILES string of the molecule is Cc1cnc2c(c1)nc(CCCl)n2CCc1ccccc1. The van der Waals surface area contributed by atoms with Crippen LogP contribution < -0.4 is 0 Å². The number of pyridine rings is 1. The van der Waals surface area contributed by atoms with Crippen molar-refractivity contribution >= 4 is 22.8 Å². The second kappa shape index (κ2) is 6.27. The third-order valence-electron chi connectivity index (χ3n) is 3.59. The minimum absolute atomic E-state index is 0.577. The third-order valence-corrected chi connectivity index (χ3v) is 3.77. The lowest BCUT2D eigenvalue weighted by atomic mass is 10.1. The summed E-state index contributed by atoms with van der Waals surface area (Å²) in [5.74, 6) is 1.60. The monoisotopic (exact) mass is 299 g/mol. The Labute approximate surface area is 129 Å². The molecule has 0 aliphatic rings. The maximum atomic E-state index is 5.91. The van der Waals surface area contributed by atoms with Crippen molar-refractivity contribution in [1.82, 2.24) is 14.5 Å². The molecule has 0 saturated heterocycles. The molecule has 21 heavy (non-hydrogen) atoms. The van der Waals surface area contributed by atoms with Gasteiger partial charge in [-0.25, -0.2) is 9.97 Å². The normalized spacial score (nSPS) is 11.1. The molecule has 0 atom stereocenters. The van der Waals surface area contributed by atoms with Crippen LogP contribution in [0.5, 0.6) is 0 Å². The van der Waals surface area contributed by atoms with Crippen LogP contribution in [0.4, 0.5) is 0 Å². The fourth-order valence-corrected chi connectivity index (χ4v) is 2.72. The Hall–Kier alpha value is -1.87. The van der Waals surface area contributed by atoms with Gasteiger partial charge in [-0.2, -0.15) is 0 Å². The van der Waals surface area contributed by atoms with Crippen LogP contribution in [0.15, 0.2) is 42.6 Å². The second-order valence-electron chi connectivity index (χ2n) is 5.21. The molecule has 0 N–H and O–H groups in total. The Morgan fingerprint density at radius 2 is 1.95 bits per heavy atom. The van der Waals surface area contributed by atoms with Crippen LogP contribution in [0.1, 0.15) is 17.0 Å². The maximum absolute atomic E-state index is 5.91. The molecular weight excluding hydrogens is 282 g/mol. The molecule has 0 saturated carbocycles. The van der Waals surface area contributed by atoms with E-state index in [1.807, 2.05) is 19.2 Å². The van der Waals surface area contributed by atoms with E-state index >= 15 is 0 Å². The molecule has 2 aromatic heterocycles. The largest absolute Gasteiger partial charge is 0.312 e. The highest BCUT2D eigenvalue weighted by molar-refractivity contribution is 6.17. The van der Waals surface area contributed by atoms with E-state index in [0.717, 1.165) is 41.9 Å².